The third-order valence-corrected chi connectivity index (χ3v) is 4.94. The maximum Gasteiger partial charge on any atom is 0.350 e. The first-order chi connectivity index (χ1) is 16.2. The van der Waals surface area contributed by atoms with Crippen molar-refractivity contribution in [3.05, 3.63) is 58.6 Å². The van der Waals surface area contributed by atoms with Gasteiger partial charge in [0.15, 0.2) is 0 Å². The second-order valence-corrected chi connectivity index (χ2v) is 7.87. The molecule has 2 aromatic carbocycles. The molecule has 0 saturated carbocycles. The van der Waals surface area contributed by atoms with Gasteiger partial charge in [-0.25, -0.2) is 14.9 Å². The Morgan fingerprint density at radius 3 is 2.47 bits per heavy atom. The van der Waals surface area contributed by atoms with E-state index in [2.05, 4.69) is 4.99 Å². The van der Waals surface area contributed by atoms with E-state index in [9.17, 15) is 14.8 Å². The number of ether oxygens (including phenoxy) is 2. The van der Waals surface area contributed by atoms with E-state index in [1.807, 2.05) is 38.1 Å². The molecule has 3 N–H and O–H groups in total. The third-order valence-electron chi connectivity index (χ3n) is 4.64. The molecule has 9 nitrogen and oxygen atoms in total. The molecule has 0 fully saturated rings. The molecule has 10 heteroatoms. The summed E-state index contributed by atoms with van der Waals surface area (Å²) >= 11 is 6.27. The van der Waals surface area contributed by atoms with Crippen molar-refractivity contribution in [1.82, 2.24) is 9.96 Å². The monoisotopic (exact) mass is 490 g/mol. The molecule has 0 heterocycles. The van der Waals surface area contributed by atoms with Crippen LogP contribution in [0.5, 0.6) is 5.75 Å². The van der Waals surface area contributed by atoms with E-state index in [1.54, 1.807) is 25.1 Å². The highest BCUT2D eigenvalue weighted by Crippen LogP contribution is 2.29. The summed E-state index contributed by atoms with van der Waals surface area (Å²) in [6.07, 6.45) is 0.674. The van der Waals surface area contributed by atoms with Crippen LogP contribution in [0.15, 0.2) is 47.5 Å². The zero-order valence-corrected chi connectivity index (χ0v) is 20.4. The van der Waals surface area contributed by atoms with Gasteiger partial charge in [0.25, 0.3) is 0 Å². The van der Waals surface area contributed by atoms with E-state index in [0.29, 0.717) is 28.1 Å². The summed E-state index contributed by atoms with van der Waals surface area (Å²) in [7, 11) is 0. The van der Waals surface area contributed by atoms with Crippen molar-refractivity contribution in [2.24, 2.45) is 10.7 Å². The quantitative estimate of drug-likeness (QED) is 0.164. The molecular formula is C24H31ClN4O5. The molecular weight excluding hydrogens is 460 g/mol. The van der Waals surface area contributed by atoms with Crippen molar-refractivity contribution in [1.29, 1.82) is 0 Å². The van der Waals surface area contributed by atoms with Gasteiger partial charge in [-0.2, -0.15) is 0 Å². The minimum atomic E-state index is -0.833. The fourth-order valence-electron chi connectivity index (χ4n) is 2.87. The van der Waals surface area contributed by atoms with Gasteiger partial charge >= 0.3 is 12.0 Å². The SMILES string of the molecule is CCCOc1ccc(/N=C(\N)N(Cc2ccc(C)cc2)C(=O)N(O)CCC(=O)OCC)cc1Cl. The topological polar surface area (TPSA) is 118 Å². The molecule has 0 atom stereocenters. The van der Waals surface area contributed by atoms with Crippen LogP contribution in [-0.2, 0) is 16.1 Å². The number of guanidine groups is 1. The number of carbonyl (C=O) groups excluding carboxylic acids is 2. The summed E-state index contributed by atoms with van der Waals surface area (Å²) in [6, 6.07) is 11.6. The summed E-state index contributed by atoms with van der Waals surface area (Å²) in [4.78, 5) is 30.0. The summed E-state index contributed by atoms with van der Waals surface area (Å²) in [6.45, 7) is 6.15. The lowest BCUT2D eigenvalue weighted by atomic mass is 10.1. The number of halogens is 1. The normalized spacial score (nSPS) is 11.1. The minimum Gasteiger partial charge on any atom is -0.492 e. The van der Waals surface area contributed by atoms with Crippen LogP contribution in [0.25, 0.3) is 0 Å². The number of urea groups is 1. The van der Waals surface area contributed by atoms with E-state index in [4.69, 9.17) is 26.8 Å². The lowest BCUT2D eigenvalue weighted by molar-refractivity contribution is -0.145. The second-order valence-electron chi connectivity index (χ2n) is 7.47. The first-order valence-electron chi connectivity index (χ1n) is 11.0. The average Bonchev–Trinajstić information content (AvgIpc) is 2.81. The van der Waals surface area contributed by atoms with E-state index in [1.165, 1.54) is 0 Å². The lowest BCUT2D eigenvalue weighted by Crippen LogP contribution is -2.48. The Bertz CT molecular complexity index is 997. The van der Waals surface area contributed by atoms with Gasteiger partial charge in [0, 0.05) is 0 Å². The maximum atomic E-state index is 13.0. The Kier molecular flexibility index (Phi) is 10.6. The van der Waals surface area contributed by atoms with Gasteiger partial charge in [-0.1, -0.05) is 48.4 Å². The molecule has 0 radical (unpaired) electrons. The van der Waals surface area contributed by atoms with Crippen molar-refractivity contribution in [2.75, 3.05) is 19.8 Å². The highest BCUT2D eigenvalue weighted by Gasteiger charge is 2.24. The fraction of sp³-hybridized carbons (Fsp3) is 0.375. The number of nitrogens with zero attached hydrogens (tertiary/aromatic N) is 3. The summed E-state index contributed by atoms with van der Waals surface area (Å²) in [5.41, 5.74) is 8.43. The second kappa shape index (κ2) is 13.4. The Hall–Kier alpha value is -3.30. The smallest absolute Gasteiger partial charge is 0.350 e. The van der Waals surface area contributed by atoms with Gasteiger partial charge in [0.1, 0.15) is 5.75 Å². The van der Waals surface area contributed by atoms with E-state index in [0.717, 1.165) is 22.4 Å². The molecule has 0 aliphatic carbocycles. The zero-order chi connectivity index (χ0) is 25.1. The van der Waals surface area contributed by atoms with Crippen molar-refractivity contribution < 1.29 is 24.3 Å². The molecule has 0 saturated heterocycles. The molecule has 2 aromatic rings. The Morgan fingerprint density at radius 1 is 1.15 bits per heavy atom. The van der Waals surface area contributed by atoms with Crippen LogP contribution in [0.3, 0.4) is 0 Å². The molecule has 2 rings (SSSR count). The van der Waals surface area contributed by atoms with Crippen LogP contribution < -0.4 is 10.5 Å². The first-order valence-corrected chi connectivity index (χ1v) is 11.4. The van der Waals surface area contributed by atoms with Crippen LogP contribution in [0.4, 0.5) is 10.5 Å². The van der Waals surface area contributed by atoms with Crippen LogP contribution in [0.2, 0.25) is 5.02 Å². The number of carbonyl (C=O) groups is 2. The van der Waals surface area contributed by atoms with Gasteiger partial charge in [-0.15, -0.1) is 0 Å². The molecule has 0 bridgehead atoms. The number of aliphatic imine (C=N–C) groups is 1. The Balaban J connectivity index is 2.26. The predicted molar refractivity (Wildman–Crippen MR) is 130 cm³/mol. The van der Waals surface area contributed by atoms with Crippen molar-refractivity contribution in [2.45, 2.75) is 40.2 Å². The predicted octanol–water partition coefficient (Wildman–Crippen LogP) is 4.65. The molecule has 0 spiro atoms. The third kappa shape index (κ3) is 8.24. The van der Waals surface area contributed by atoms with Crippen LogP contribution >= 0.6 is 11.6 Å². The number of rotatable bonds is 10. The molecule has 0 aliphatic rings. The Morgan fingerprint density at radius 2 is 1.85 bits per heavy atom. The molecule has 2 amide bonds. The largest absolute Gasteiger partial charge is 0.492 e. The number of hydrogen-bond acceptors (Lipinski definition) is 6. The Labute approximate surface area is 204 Å². The highest BCUT2D eigenvalue weighted by atomic mass is 35.5. The number of benzene rings is 2. The van der Waals surface area contributed by atoms with Gasteiger partial charge in [-0.3, -0.25) is 14.9 Å². The van der Waals surface area contributed by atoms with Crippen molar-refractivity contribution in [3.8, 4) is 5.75 Å². The summed E-state index contributed by atoms with van der Waals surface area (Å²) in [5.74, 6) is -0.158. The summed E-state index contributed by atoms with van der Waals surface area (Å²) < 4.78 is 10.4. The van der Waals surface area contributed by atoms with E-state index in [-0.39, 0.29) is 32.1 Å². The highest BCUT2D eigenvalue weighted by molar-refractivity contribution is 6.32. The molecule has 0 aromatic heterocycles. The van der Waals surface area contributed by atoms with E-state index >= 15 is 0 Å². The molecule has 34 heavy (non-hydrogen) atoms. The number of hydroxylamine groups is 2. The number of esters is 1. The standard InChI is InChI=1S/C24H31ClN4O5/c1-4-14-34-21-11-10-19(15-20(21)25)27-23(26)28(16-18-8-6-17(3)7-9-18)24(31)29(32)13-12-22(30)33-5-2/h6-11,15,32H,4-5,12-14,16H2,1-3H3,(H2,26,27). The van der Waals surface area contributed by atoms with Crippen LogP contribution in [0.1, 0.15) is 37.8 Å². The average molecular weight is 491 g/mol. The lowest BCUT2D eigenvalue weighted by Gasteiger charge is -2.26. The number of aryl methyl sites for hydroxylation is 1. The number of nitrogens with two attached hydrogens (primary N) is 1. The molecule has 184 valence electrons. The van der Waals surface area contributed by atoms with Crippen molar-refractivity contribution >= 4 is 35.2 Å². The van der Waals surface area contributed by atoms with Crippen molar-refractivity contribution in [3.63, 3.8) is 0 Å². The fourth-order valence-corrected chi connectivity index (χ4v) is 3.10. The zero-order valence-electron chi connectivity index (χ0n) is 19.7. The molecule has 0 unspecified atom stereocenters. The minimum absolute atomic E-state index is 0.0519. The number of hydrogen-bond donors (Lipinski definition) is 2. The van der Waals surface area contributed by atoms with Gasteiger partial charge in [0.05, 0.1) is 43.4 Å². The van der Waals surface area contributed by atoms with E-state index < -0.39 is 12.0 Å². The van der Waals surface area contributed by atoms with Gasteiger partial charge in [-0.05, 0) is 44.0 Å². The van der Waals surface area contributed by atoms with Crippen LogP contribution in [0, 0.1) is 6.92 Å². The summed E-state index contributed by atoms with van der Waals surface area (Å²) in [5, 5.41) is 11.1. The maximum absolute atomic E-state index is 13.0. The van der Waals surface area contributed by atoms with Gasteiger partial charge < -0.3 is 15.2 Å². The van der Waals surface area contributed by atoms with Gasteiger partial charge in [0.2, 0.25) is 5.96 Å². The first kappa shape index (κ1) is 26.9. The molecule has 0 aliphatic heterocycles. The number of amides is 2. The van der Waals surface area contributed by atoms with Crippen LogP contribution in [-0.4, -0.2) is 52.9 Å².